The van der Waals surface area contributed by atoms with E-state index in [1.165, 1.54) is 0 Å². The van der Waals surface area contributed by atoms with Crippen molar-refractivity contribution in [1.29, 1.82) is 0 Å². The van der Waals surface area contributed by atoms with E-state index in [1.807, 2.05) is 25.1 Å². The molecule has 0 bridgehead atoms. The zero-order chi connectivity index (χ0) is 18.4. The number of aryl methyl sites for hydroxylation is 1. The number of amides is 1. The number of halogens is 2. The molecule has 1 unspecified atom stereocenters. The number of benzene rings is 2. The molecule has 2 aromatic rings. The van der Waals surface area contributed by atoms with Crippen molar-refractivity contribution in [3.8, 4) is 5.75 Å². The molecule has 0 aromatic heterocycles. The lowest BCUT2D eigenvalue weighted by Crippen LogP contribution is -2.29. The van der Waals surface area contributed by atoms with Crippen LogP contribution in [0.4, 0.5) is 5.69 Å². The topological polar surface area (TPSA) is 64.6 Å². The van der Waals surface area contributed by atoms with E-state index in [1.54, 1.807) is 31.2 Å². The van der Waals surface area contributed by atoms with E-state index >= 15 is 0 Å². The monoisotopic (exact) mass is 469 g/mol. The molecular formula is C18H17Br2NO4. The van der Waals surface area contributed by atoms with Gasteiger partial charge in [-0.05, 0) is 75.5 Å². The number of hydrogen-bond acceptors (Lipinski definition) is 4. The smallest absolute Gasteiger partial charge is 0.347 e. The third-order valence-corrected chi connectivity index (χ3v) is 4.44. The summed E-state index contributed by atoms with van der Waals surface area (Å²) in [7, 11) is 0. The van der Waals surface area contributed by atoms with Crippen molar-refractivity contribution < 1.29 is 19.1 Å². The molecule has 0 spiro atoms. The van der Waals surface area contributed by atoms with E-state index in [0.29, 0.717) is 11.4 Å². The van der Waals surface area contributed by atoms with Crippen molar-refractivity contribution in [1.82, 2.24) is 0 Å². The van der Waals surface area contributed by atoms with Gasteiger partial charge in [-0.25, -0.2) is 4.79 Å². The average Bonchev–Trinajstić information content (AvgIpc) is 2.56. The van der Waals surface area contributed by atoms with Crippen LogP contribution in [0.1, 0.15) is 12.5 Å². The summed E-state index contributed by atoms with van der Waals surface area (Å²) in [5.74, 6) is -0.490. The van der Waals surface area contributed by atoms with E-state index in [4.69, 9.17) is 9.47 Å². The van der Waals surface area contributed by atoms with Crippen LogP contribution in [0, 0.1) is 6.92 Å². The number of esters is 1. The third-order valence-electron chi connectivity index (χ3n) is 3.18. The van der Waals surface area contributed by atoms with Crippen molar-refractivity contribution >= 4 is 49.4 Å². The molecule has 0 aliphatic heterocycles. The molecule has 132 valence electrons. The molecule has 5 nitrogen and oxygen atoms in total. The second-order valence-corrected chi connectivity index (χ2v) is 7.04. The molecule has 0 saturated heterocycles. The highest BCUT2D eigenvalue weighted by Crippen LogP contribution is 2.32. The van der Waals surface area contributed by atoms with Crippen molar-refractivity contribution in [2.75, 3.05) is 11.9 Å². The van der Waals surface area contributed by atoms with E-state index in [2.05, 4.69) is 37.2 Å². The van der Waals surface area contributed by atoms with Gasteiger partial charge in [-0.3, -0.25) is 4.79 Å². The number of ether oxygens (including phenoxy) is 2. The Morgan fingerprint density at radius 3 is 2.32 bits per heavy atom. The molecule has 0 saturated carbocycles. The molecule has 7 heteroatoms. The Morgan fingerprint density at radius 1 is 1.12 bits per heavy atom. The van der Waals surface area contributed by atoms with Gasteiger partial charge in [-0.15, -0.1) is 0 Å². The van der Waals surface area contributed by atoms with Crippen molar-refractivity contribution in [3.05, 3.63) is 57.0 Å². The molecular weight excluding hydrogens is 454 g/mol. The van der Waals surface area contributed by atoms with Gasteiger partial charge in [0.2, 0.25) is 0 Å². The summed E-state index contributed by atoms with van der Waals surface area (Å²) in [6.45, 7) is 3.12. The van der Waals surface area contributed by atoms with Crippen LogP contribution in [0.2, 0.25) is 0 Å². The minimum absolute atomic E-state index is 0.395. The lowest BCUT2D eigenvalue weighted by molar-refractivity contribution is -0.153. The van der Waals surface area contributed by atoms with Gasteiger partial charge in [0.25, 0.3) is 5.91 Å². The number of hydrogen-bond donors (Lipinski definition) is 1. The second kappa shape index (κ2) is 9.01. The summed E-state index contributed by atoms with van der Waals surface area (Å²) >= 11 is 6.79. The predicted octanol–water partition coefficient (Wildman–Crippen LogP) is 4.47. The molecule has 0 radical (unpaired) electrons. The highest BCUT2D eigenvalue weighted by atomic mass is 79.9. The van der Waals surface area contributed by atoms with Gasteiger partial charge in [-0.1, -0.05) is 18.2 Å². The summed E-state index contributed by atoms with van der Waals surface area (Å²) < 4.78 is 11.9. The molecule has 0 aliphatic rings. The standard InChI is InChI=1S/C18H17Br2NO4/c1-11-8-14(19)17(15(20)9-11)21-16(22)10-24-18(23)12(2)25-13-6-4-3-5-7-13/h3-9,12H,10H2,1-2H3,(H,21,22). The Hall–Kier alpha value is -1.86. The van der Waals surface area contributed by atoms with Gasteiger partial charge in [-0.2, -0.15) is 0 Å². The Morgan fingerprint density at radius 2 is 1.72 bits per heavy atom. The molecule has 0 fully saturated rings. The van der Waals surface area contributed by atoms with Crippen LogP contribution >= 0.6 is 31.9 Å². The number of nitrogens with one attached hydrogen (secondary N) is 1. The second-order valence-electron chi connectivity index (χ2n) is 5.33. The van der Waals surface area contributed by atoms with Gasteiger partial charge >= 0.3 is 5.97 Å². The Bertz CT molecular complexity index is 742. The summed E-state index contributed by atoms with van der Waals surface area (Å²) in [6, 6.07) is 12.7. The zero-order valence-electron chi connectivity index (χ0n) is 13.7. The highest BCUT2D eigenvalue weighted by molar-refractivity contribution is 9.11. The Balaban J connectivity index is 1.86. The predicted molar refractivity (Wildman–Crippen MR) is 103 cm³/mol. The first-order chi connectivity index (χ1) is 11.9. The first-order valence-electron chi connectivity index (χ1n) is 7.50. The fourth-order valence-electron chi connectivity index (χ4n) is 2.00. The summed E-state index contributed by atoms with van der Waals surface area (Å²) in [5, 5.41) is 2.70. The van der Waals surface area contributed by atoms with Gasteiger partial charge in [0, 0.05) is 8.95 Å². The molecule has 25 heavy (non-hydrogen) atoms. The average molecular weight is 471 g/mol. The summed E-state index contributed by atoms with van der Waals surface area (Å²) in [6.07, 6.45) is -0.812. The maximum absolute atomic E-state index is 12.0. The number of para-hydroxylation sites is 1. The third kappa shape index (κ3) is 5.86. The van der Waals surface area contributed by atoms with E-state index in [-0.39, 0.29) is 0 Å². The molecule has 1 atom stereocenters. The first kappa shape index (κ1) is 19.5. The normalized spacial score (nSPS) is 11.5. The van der Waals surface area contributed by atoms with Crippen LogP contribution in [-0.2, 0) is 14.3 Å². The molecule has 1 amide bonds. The summed E-state index contributed by atoms with van der Waals surface area (Å²) in [5.41, 5.74) is 1.62. The maximum atomic E-state index is 12.0. The zero-order valence-corrected chi connectivity index (χ0v) is 16.9. The number of rotatable bonds is 6. The van der Waals surface area contributed by atoms with Crippen LogP contribution in [0.15, 0.2) is 51.4 Å². The highest BCUT2D eigenvalue weighted by Gasteiger charge is 2.18. The quantitative estimate of drug-likeness (QED) is 0.632. The van der Waals surface area contributed by atoms with Crippen LogP contribution < -0.4 is 10.1 Å². The number of carbonyl (C=O) groups excluding carboxylic acids is 2. The minimum Gasteiger partial charge on any atom is -0.479 e. The SMILES string of the molecule is Cc1cc(Br)c(NC(=O)COC(=O)C(C)Oc2ccccc2)c(Br)c1. The van der Waals surface area contributed by atoms with Crippen molar-refractivity contribution in [3.63, 3.8) is 0 Å². The van der Waals surface area contributed by atoms with E-state index in [0.717, 1.165) is 14.5 Å². The largest absolute Gasteiger partial charge is 0.479 e. The van der Waals surface area contributed by atoms with Crippen molar-refractivity contribution in [2.24, 2.45) is 0 Å². The molecule has 2 rings (SSSR count). The lowest BCUT2D eigenvalue weighted by Gasteiger charge is -2.14. The van der Waals surface area contributed by atoms with E-state index in [9.17, 15) is 9.59 Å². The van der Waals surface area contributed by atoms with Gasteiger partial charge in [0.1, 0.15) is 5.75 Å². The minimum atomic E-state index is -0.812. The van der Waals surface area contributed by atoms with Crippen LogP contribution in [0.25, 0.3) is 0 Å². The van der Waals surface area contributed by atoms with E-state index < -0.39 is 24.6 Å². The first-order valence-corrected chi connectivity index (χ1v) is 9.09. The fourth-order valence-corrected chi connectivity index (χ4v) is 3.61. The van der Waals surface area contributed by atoms with Crippen molar-refractivity contribution in [2.45, 2.75) is 20.0 Å². The maximum Gasteiger partial charge on any atom is 0.347 e. The number of carbonyl (C=O) groups is 2. The molecule has 0 aliphatic carbocycles. The van der Waals surface area contributed by atoms with Crippen LogP contribution in [0.5, 0.6) is 5.75 Å². The summed E-state index contributed by atoms with van der Waals surface area (Å²) in [4.78, 5) is 24.0. The lowest BCUT2D eigenvalue weighted by atomic mass is 10.2. The number of anilines is 1. The molecule has 1 N–H and O–H groups in total. The molecule has 0 heterocycles. The van der Waals surface area contributed by atoms with Crippen LogP contribution in [0.3, 0.4) is 0 Å². The Labute approximate surface area is 163 Å². The van der Waals surface area contributed by atoms with Gasteiger partial charge < -0.3 is 14.8 Å². The Kier molecular flexibility index (Phi) is 7.01. The van der Waals surface area contributed by atoms with Gasteiger partial charge in [0.05, 0.1) is 5.69 Å². The fraction of sp³-hybridized carbons (Fsp3) is 0.222. The molecule has 2 aromatic carbocycles. The van der Waals surface area contributed by atoms with Gasteiger partial charge in [0.15, 0.2) is 12.7 Å². The van der Waals surface area contributed by atoms with Crippen LogP contribution in [-0.4, -0.2) is 24.6 Å².